The van der Waals surface area contributed by atoms with Crippen LogP contribution in [0.15, 0.2) is 40.8 Å². The molecular formula is C18H20Cl2N2O4. The molecule has 2 N–H and O–H groups in total. The normalized spacial score (nSPS) is 16.9. The third kappa shape index (κ3) is 5.00. The molecule has 0 spiro atoms. The van der Waals surface area contributed by atoms with Gasteiger partial charge in [-0.05, 0) is 55.8 Å². The van der Waals surface area contributed by atoms with Gasteiger partial charge in [0.1, 0.15) is 17.6 Å². The molecule has 1 aliphatic heterocycles. The van der Waals surface area contributed by atoms with Crippen LogP contribution in [-0.2, 0) is 16.1 Å². The summed E-state index contributed by atoms with van der Waals surface area (Å²) in [5.74, 6) is 0.252. The highest BCUT2D eigenvalue weighted by atomic mass is 35.5. The summed E-state index contributed by atoms with van der Waals surface area (Å²) in [7, 11) is 0. The quantitative estimate of drug-likeness (QED) is 0.780. The summed E-state index contributed by atoms with van der Waals surface area (Å²) in [6.07, 6.45) is 1.39. The van der Waals surface area contributed by atoms with E-state index in [2.05, 4.69) is 5.32 Å². The number of benzene rings is 1. The van der Waals surface area contributed by atoms with Gasteiger partial charge in [-0.15, -0.1) is 12.4 Å². The maximum atomic E-state index is 12.1. The monoisotopic (exact) mass is 398 g/mol. The van der Waals surface area contributed by atoms with Crippen LogP contribution in [-0.4, -0.2) is 41.0 Å². The summed E-state index contributed by atoms with van der Waals surface area (Å²) in [6, 6.07) is 10.4. The second kappa shape index (κ2) is 9.07. The molecule has 0 radical (unpaired) electrons. The van der Waals surface area contributed by atoms with Crippen LogP contribution in [0.3, 0.4) is 0 Å². The number of halogens is 2. The van der Waals surface area contributed by atoms with Crippen molar-refractivity contribution in [2.75, 3.05) is 13.1 Å². The van der Waals surface area contributed by atoms with Gasteiger partial charge in [-0.3, -0.25) is 14.5 Å². The van der Waals surface area contributed by atoms with Gasteiger partial charge in [0, 0.05) is 10.6 Å². The molecule has 0 saturated carbocycles. The summed E-state index contributed by atoms with van der Waals surface area (Å²) >= 11 is 5.87. The number of likely N-dealkylation sites (tertiary alicyclic amines) is 1. The molecule has 8 heteroatoms. The van der Waals surface area contributed by atoms with E-state index < -0.39 is 12.0 Å². The Morgan fingerprint density at radius 1 is 1.23 bits per heavy atom. The Kier molecular flexibility index (Phi) is 7.08. The molecule has 1 amide bonds. The van der Waals surface area contributed by atoms with E-state index in [1.54, 1.807) is 23.1 Å². The lowest BCUT2D eigenvalue weighted by Gasteiger charge is -2.19. The van der Waals surface area contributed by atoms with Gasteiger partial charge in [0.2, 0.25) is 5.91 Å². The van der Waals surface area contributed by atoms with Gasteiger partial charge in [0.15, 0.2) is 0 Å². The molecule has 26 heavy (non-hydrogen) atoms. The lowest BCUT2D eigenvalue weighted by Crippen LogP contribution is -2.42. The molecule has 1 unspecified atom stereocenters. The molecular weight excluding hydrogens is 379 g/mol. The number of carboxylic acids is 1. The highest BCUT2D eigenvalue weighted by molar-refractivity contribution is 6.30. The minimum Gasteiger partial charge on any atom is -0.480 e. The summed E-state index contributed by atoms with van der Waals surface area (Å²) in [6.45, 7) is 0.978. The van der Waals surface area contributed by atoms with Gasteiger partial charge in [-0.25, -0.2) is 0 Å². The van der Waals surface area contributed by atoms with Gasteiger partial charge < -0.3 is 14.8 Å². The van der Waals surface area contributed by atoms with E-state index in [1.165, 1.54) is 0 Å². The van der Waals surface area contributed by atoms with Gasteiger partial charge in [-0.1, -0.05) is 11.6 Å². The molecule has 0 aliphatic carbocycles. The number of hydrogen-bond acceptors (Lipinski definition) is 4. The number of furan rings is 1. The fourth-order valence-electron chi connectivity index (χ4n) is 2.96. The predicted octanol–water partition coefficient (Wildman–Crippen LogP) is 3.19. The van der Waals surface area contributed by atoms with Crippen LogP contribution >= 0.6 is 24.0 Å². The average Bonchev–Trinajstić information content (AvgIpc) is 3.23. The van der Waals surface area contributed by atoms with Crippen molar-refractivity contribution in [3.05, 3.63) is 47.2 Å². The minimum absolute atomic E-state index is 0. The maximum absolute atomic E-state index is 12.1. The molecule has 1 saturated heterocycles. The molecule has 140 valence electrons. The minimum atomic E-state index is -0.871. The van der Waals surface area contributed by atoms with Crippen molar-refractivity contribution >= 4 is 35.9 Å². The van der Waals surface area contributed by atoms with Crippen LogP contribution in [0.25, 0.3) is 11.3 Å². The van der Waals surface area contributed by atoms with Crippen molar-refractivity contribution in [2.45, 2.75) is 25.4 Å². The summed E-state index contributed by atoms with van der Waals surface area (Å²) in [5.41, 5.74) is 0.906. The molecule has 2 heterocycles. The van der Waals surface area contributed by atoms with Gasteiger partial charge >= 0.3 is 5.97 Å². The van der Waals surface area contributed by atoms with Crippen molar-refractivity contribution in [1.29, 1.82) is 0 Å². The van der Waals surface area contributed by atoms with E-state index in [1.807, 2.05) is 18.2 Å². The average molecular weight is 399 g/mol. The molecule has 1 aromatic heterocycles. The first kappa shape index (κ1) is 20.3. The van der Waals surface area contributed by atoms with Crippen LogP contribution < -0.4 is 5.32 Å². The second-order valence-corrected chi connectivity index (χ2v) is 6.45. The van der Waals surface area contributed by atoms with Crippen LogP contribution in [0.2, 0.25) is 5.02 Å². The molecule has 1 aliphatic rings. The molecule has 1 fully saturated rings. The number of aliphatic carboxylic acids is 1. The first-order valence-electron chi connectivity index (χ1n) is 8.11. The Bertz CT molecular complexity index is 761. The SMILES string of the molecule is Cl.O=C(CN1CCCC1C(=O)O)NCc1ccc(-c2ccc(Cl)cc2)o1. The van der Waals surface area contributed by atoms with E-state index in [0.29, 0.717) is 29.5 Å². The third-order valence-electron chi connectivity index (χ3n) is 4.25. The maximum Gasteiger partial charge on any atom is 0.320 e. The van der Waals surface area contributed by atoms with E-state index in [-0.39, 0.29) is 31.4 Å². The third-order valence-corrected chi connectivity index (χ3v) is 4.50. The smallest absolute Gasteiger partial charge is 0.320 e. The molecule has 6 nitrogen and oxygen atoms in total. The first-order valence-corrected chi connectivity index (χ1v) is 8.49. The Morgan fingerprint density at radius 2 is 1.96 bits per heavy atom. The largest absolute Gasteiger partial charge is 0.480 e. The standard InChI is InChI=1S/C18H19ClN2O4.ClH/c19-13-5-3-12(4-6-13)16-8-7-14(25-16)10-20-17(22)11-21-9-1-2-15(21)18(23)24;/h3-8,15H,1-2,9-11H2,(H,20,22)(H,23,24);1H. The van der Waals surface area contributed by atoms with Crippen LogP contribution in [0.1, 0.15) is 18.6 Å². The van der Waals surface area contributed by atoms with Crippen molar-refractivity contribution in [1.82, 2.24) is 10.2 Å². The Labute approximate surface area is 162 Å². The van der Waals surface area contributed by atoms with Gasteiger partial charge in [0.05, 0.1) is 13.1 Å². The van der Waals surface area contributed by atoms with Gasteiger partial charge in [-0.2, -0.15) is 0 Å². The number of carbonyl (C=O) groups excluding carboxylic acids is 1. The lowest BCUT2D eigenvalue weighted by molar-refractivity contribution is -0.142. The van der Waals surface area contributed by atoms with Crippen molar-refractivity contribution in [3.63, 3.8) is 0 Å². The van der Waals surface area contributed by atoms with Gasteiger partial charge in [0.25, 0.3) is 0 Å². The predicted molar refractivity (Wildman–Crippen MR) is 100 cm³/mol. The van der Waals surface area contributed by atoms with Crippen LogP contribution in [0.5, 0.6) is 0 Å². The lowest BCUT2D eigenvalue weighted by atomic mass is 10.2. The van der Waals surface area contributed by atoms with E-state index >= 15 is 0 Å². The fourth-order valence-corrected chi connectivity index (χ4v) is 3.09. The van der Waals surface area contributed by atoms with Crippen LogP contribution in [0, 0.1) is 0 Å². The Morgan fingerprint density at radius 3 is 2.65 bits per heavy atom. The summed E-state index contributed by atoms with van der Waals surface area (Å²) in [5, 5.41) is 12.6. The zero-order valence-corrected chi connectivity index (χ0v) is 15.6. The van der Waals surface area contributed by atoms with Crippen molar-refractivity contribution in [3.8, 4) is 11.3 Å². The number of nitrogens with zero attached hydrogens (tertiary/aromatic N) is 1. The number of rotatable bonds is 6. The molecule has 3 rings (SSSR count). The van der Waals surface area contributed by atoms with E-state index in [4.69, 9.17) is 21.1 Å². The molecule has 0 bridgehead atoms. The molecule has 1 aromatic carbocycles. The Balaban J connectivity index is 0.00000243. The topological polar surface area (TPSA) is 82.8 Å². The fraction of sp³-hybridized carbons (Fsp3) is 0.333. The Hall–Kier alpha value is -2.02. The number of amides is 1. The number of hydrogen-bond donors (Lipinski definition) is 2. The zero-order valence-electron chi connectivity index (χ0n) is 14.0. The van der Waals surface area contributed by atoms with Crippen molar-refractivity contribution < 1.29 is 19.1 Å². The summed E-state index contributed by atoms with van der Waals surface area (Å²) < 4.78 is 5.72. The highest BCUT2D eigenvalue weighted by Gasteiger charge is 2.31. The number of carboxylic acid groups (broad SMARTS) is 1. The van der Waals surface area contributed by atoms with Crippen molar-refractivity contribution in [2.24, 2.45) is 0 Å². The number of nitrogens with one attached hydrogen (secondary N) is 1. The van der Waals surface area contributed by atoms with Crippen LogP contribution in [0.4, 0.5) is 0 Å². The van der Waals surface area contributed by atoms with E-state index in [9.17, 15) is 9.59 Å². The highest BCUT2D eigenvalue weighted by Crippen LogP contribution is 2.23. The molecule has 1 atom stereocenters. The first-order chi connectivity index (χ1) is 12.0. The zero-order chi connectivity index (χ0) is 17.8. The molecule has 2 aromatic rings. The summed E-state index contributed by atoms with van der Waals surface area (Å²) in [4.78, 5) is 24.9. The number of carbonyl (C=O) groups is 2. The second-order valence-electron chi connectivity index (χ2n) is 6.02. The van der Waals surface area contributed by atoms with E-state index in [0.717, 1.165) is 12.0 Å².